The highest BCUT2D eigenvalue weighted by molar-refractivity contribution is 7.89. The van der Waals surface area contributed by atoms with Gasteiger partial charge in [-0.2, -0.15) is 0 Å². The van der Waals surface area contributed by atoms with Crippen LogP contribution in [0, 0.1) is 6.92 Å². The van der Waals surface area contributed by atoms with Crippen LogP contribution in [0.1, 0.15) is 12.6 Å². The molecule has 0 bridgehead atoms. The van der Waals surface area contributed by atoms with Crippen LogP contribution < -0.4 is 9.88 Å². The van der Waals surface area contributed by atoms with E-state index in [0.717, 1.165) is 0 Å². The summed E-state index contributed by atoms with van der Waals surface area (Å²) in [5, 5.41) is 5.16. The van der Waals surface area contributed by atoms with Crippen LogP contribution >= 0.6 is 0 Å². The number of aromatic nitrogens is 2. The highest BCUT2D eigenvalue weighted by Crippen LogP contribution is 2.20. The lowest BCUT2D eigenvalue weighted by atomic mass is 10.4. The monoisotopic (exact) mass is 255 g/mol. The number of pyridine rings is 1. The Labute approximate surface area is 99.1 Å². The second-order valence-corrected chi connectivity index (χ2v) is 5.05. The normalized spacial score (nSPS) is 11.9. The van der Waals surface area contributed by atoms with Crippen molar-refractivity contribution in [3.05, 3.63) is 24.0 Å². The standard InChI is InChI=1S/C10H13N3O3S/c1-3-16-8-4-5-9-12-7(2)10(13(9)6-8)17(11,14)15/h4-6H,3H2,1-2H3,(H2,11,14,15). The van der Waals surface area contributed by atoms with Gasteiger partial charge in [-0.25, -0.2) is 18.5 Å². The molecule has 2 N–H and O–H groups in total. The highest BCUT2D eigenvalue weighted by atomic mass is 32.2. The molecule has 0 atom stereocenters. The smallest absolute Gasteiger partial charge is 0.255 e. The molecule has 0 saturated heterocycles. The van der Waals surface area contributed by atoms with Crippen molar-refractivity contribution >= 4 is 15.7 Å². The van der Waals surface area contributed by atoms with Crippen LogP contribution in [0.2, 0.25) is 0 Å². The molecule has 7 heteroatoms. The lowest BCUT2D eigenvalue weighted by molar-refractivity contribution is 0.338. The van der Waals surface area contributed by atoms with Gasteiger partial charge in [-0.1, -0.05) is 0 Å². The average Bonchev–Trinajstić information content (AvgIpc) is 2.53. The molecule has 0 aliphatic heterocycles. The number of imidazole rings is 1. The third-order valence-electron chi connectivity index (χ3n) is 2.29. The largest absolute Gasteiger partial charge is 0.492 e. The number of aryl methyl sites for hydroxylation is 1. The van der Waals surface area contributed by atoms with Gasteiger partial charge in [-0.3, -0.25) is 4.40 Å². The van der Waals surface area contributed by atoms with Crippen LogP contribution in [-0.2, 0) is 10.0 Å². The zero-order valence-corrected chi connectivity index (χ0v) is 10.4. The topological polar surface area (TPSA) is 86.7 Å². The Kier molecular flexibility index (Phi) is 2.80. The predicted molar refractivity (Wildman–Crippen MR) is 62.5 cm³/mol. The number of sulfonamides is 1. The third-order valence-corrected chi connectivity index (χ3v) is 3.32. The van der Waals surface area contributed by atoms with Crippen molar-refractivity contribution in [3.63, 3.8) is 0 Å². The SMILES string of the molecule is CCOc1ccc2nc(C)c(S(N)(=O)=O)n2c1. The van der Waals surface area contributed by atoms with Crippen molar-refractivity contribution in [1.29, 1.82) is 0 Å². The Morgan fingerprint density at radius 3 is 2.76 bits per heavy atom. The van der Waals surface area contributed by atoms with Gasteiger partial charge < -0.3 is 4.74 Å². The first kappa shape index (κ1) is 11.9. The van der Waals surface area contributed by atoms with E-state index < -0.39 is 10.0 Å². The summed E-state index contributed by atoms with van der Waals surface area (Å²) in [6, 6.07) is 3.42. The first-order chi connectivity index (χ1) is 7.93. The van der Waals surface area contributed by atoms with E-state index in [-0.39, 0.29) is 5.03 Å². The molecule has 0 unspecified atom stereocenters. The molecule has 17 heavy (non-hydrogen) atoms. The molecule has 0 aliphatic rings. The summed E-state index contributed by atoms with van der Waals surface area (Å²) in [5.41, 5.74) is 0.899. The van der Waals surface area contributed by atoms with Gasteiger partial charge >= 0.3 is 0 Å². The first-order valence-corrected chi connectivity index (χ1v) is 6.62. The number of ether oxygens (including phenoxy) is 1. The summed E-state index contributed by atoms with van der Waals surface area (Å²) in [7, 11) is -3.80. The molecule has 2 heterocycles. The minimum absolute atomic E-state index is 0.00551. The van der Waals surface area contributed by atoms with Crippen molar-refractivity contribution in [2.24, 2.45) is 5.14 Å². The number of hydrogen-bond donors (Lipinski definition) is 1. The number of hydrogen-bond acceptors (Lipinski definition) is 4. The van der Waals surface area contributed by atoms with Crippen LogP contribution in [0.4, 0.5) is 0 Å². The van der Waals surface area contributed by atoms with Gasteiger partial charge in [0.15, 0.2) is 5.03 Å². The maximum atomic E-state index is 11.5. The molecule has 0 saturated carbocycles. The van der Waals surface area contributed by atoms with E-state index in [9.17, 15) is 8.42 Å². The molecule has 92 valence electrons. The fraction of sp³-hybridized carbons (Fsp3) is 0.300. The quantitative estimate of drug-likeness (QED) is 0.874. The second kappa shape index (κ2) is 4.01. The molecule has 0 aromatic carbocycles. The molecule has 0 spiro atoms. The lowest BCUT2D eigenvalue weighted by Gasteiger charge is -2.04. The molecule has 0 aliphatic carbocycles. The number of nitrogens with two attached hydrogens (primary N) is 1. The van der Waals surface area contributed by atoms with Crippen LogP contribution in [0.5, 0.6) is 5.75 Å². The Bertz CT molecular complexity index is 661. The molecule has 0 amide bonds. The molecule has 2 rings (SSSR count). The van der Waals surface area contributed by atoms with E-state index >= 15 is 0 Å². The summed E-state index contributed by atoms with van der Waals surface area (Å²) in [6.45, 7) is 3.96. The zero-order valence-electron chi connectivity index (χ0n) is 9.54. The second-order valence-electron chi connectivity index (χ2n) is 3.57. The van der Waals surface area contributed by atoms with Crippen molar-refractivity contribution in [2.75, 3.05) is 6.61 Å². The minimum Gasteiger partial charge on any atom is -0.492 e. The third kappa shape index (κ3) is 2.11. The highest BCUT2D eigenvalue weighted by Gasteiger charge is 2.19. The van der Waals surface area contributed by atoms with Crippen LogP contribution in [0.15, 0.2) is 23.4 Å². The molecule has 2 aromatic rings. The van der Waals surface area contributed by atoms with E-state index in [2.05, 4.69) is 4.98 Å². The van der Waals surface area contributed by atoms with Crippen molar-refractivity contribution in [2.45, 2.75) is 18.9 Å². The fourth-order valence-electron chi connectivity index (χ4n) is 1.72. The summed E-state index contributed by atoms with van der Waals surface area (Å²) in [5.74, 6) is 0.572. The minimum atomic E-state index is -3.80. The average molecular weight is 255 g/mol. The van der Waals surface area contributed by atoms with Gasteiger partial charge in [0.2, 0.25) is 0 Å². The van der Waals surface area contributed by atoms with Gasteiger partial charge in [0.25, 0.3) is 10.0 Å². The van der Waals surface area contributed by atoms with Crippen molar-refractivity contribution < 1.29 is 13.2 Å². The van der Waals surface area contributed by atoms with Crippen molar-refractivity contribution in [1.82, 2.24) is 9.38 Å². The molecule has 6 nitrogen and oxygen atoms in total. The molecular formula is C10H13N3O3S. The molecule has 0 radical (unpaired) electrons. The number of primary sulfonamides is 1. The van der Waals surface area contributed by atoms with Gasteiger partial charge in [-0.05, 0) is 26.0 Å². The maximum absolute atomic E-state index is 11.5. The summed E-state index contributed by atoms with van der Waals surface area (Å²) in [4.78, 5) is 4.13. The zero-order chi connectivity index (χ0) is 12.6. The molecule has 0 fully saturated rings. The molecular weight excluding hydrogens is 242 g/mol. The van der Waals surface area contributed by atoms with E-state index in [0.29, 0.717) is 23.7 Å². The number of nitrogens with zero attached hydrogens (tertiary/aromatic N) is 2. The Hall–Kier alpha value is -1.60. The van der Waals surface area contributed by atoms with Gasteiger partial charge in [0.05, 0.1) is 18.5 Å². The van der Waals surface area contributed by atoms with Crippen molar-refractivity contribution in [3.8, 4) is 5.75 Å². The number of rotatable bonds is 3. The Morgan fingerprint density at radius 1 is 1.47 bits per heavy atom. The summed E-state index contributed by atoms with van der Waals surface area (Å²) < 4.78 is 29.7. The van der Waals surface area contributed by atoms with E-state index in [1.807, 2.05) is 6.92 Å². The van der Waals surface area contributed by atoms with Crippen LogP contribution in [0.3, 0.4) is 0 Å². The first-order valence-electron chi connectivity index (χ1n) is 5.08. The molecule has 2 aromatic heterocycles. The Balaban J connectivity index is 2.74. The lowest BCUT2D eigenvalue weighted by Crippen LogP contribution is -2.15. The van der Waals surface area contributed by atoms with Gasteiger partial charge in [-0.15, -0.1) is 0 Å². The van der Waals surface area contributed by atoms with Gasteiger partial charge in [0.1, 0.15) is 11.4 Å². The van der Waals surface area contributed by atoms with E-state index in [1.165, 1.54) is 4.40 Å². The van der Waals surface area contributed by atoms with E-state index in [4.69, 9.17) is 9.88 Å². The predicted octanol–water partition coefficient (Wildman–Crippen LogP) is 0.689. The van der Waals surface area contributed by atoms with Crippen LogP contribution in [-0.4, -0.2) is 24.4 Å². The van der Waals surface area contributed by atoms with Crippen LogP contribution in [0.25, 0.3) is 5.65 Å². The van der Waals surface area contributed by atoms with E-state index in [1.54, 1.807) is 25.3 Å². The maximum Gasteiger partial charge on any atom is 0.255 e. The fourth-order valence-corrected chi connectivity index (χ4v) is 2.59. The summed E-state index contributed by atoms with van der Waals surface area (Å²) in [6.07, 6.45) is 1.57. The number of fused-ring (bicyclic) bond motifs is 1. The Morgan fingerprint density at radius 2 is 2.18 bits per heavy atom. The van der Waals surface area contributed by atoms with Gasteiger partial charge in [0, 0.05) is 0 Å². The summed E-state index contributed by atoms with van der Waals surface area (Å²) >= 11 is 0.